The highest BCUT2D eigenvalue weighted by Gasteiger charge is 2.22. The van der Waals surface area contributed by atoms with Crippen LogP contribution in [0.3, 0.4) is 0 Å². The zero-order chi connectivity index (χ0) is 17.5. The minimum atomic E-state index is -0.0181. The van der Waals surface area contributed by atoms with Crippen LogP contribution in [0.2, 0.25) is 0 Å². The Morgan fingerprint density at radius 3 is 2.40 bits per heavy atom. The summed E-state index contributed by atoms with van der Waals surface area (Å²) >= 11 is 0. The van der Waals surface area contributed by atoms with E-state index >= 15 is 0 Å². The number of piperazine rings is 1. The van der Waals surface area contributed by atoms with Gasteiger partial charge in [0.05, 0.1) is 6.61 Å². The van der Waals surface area contributed by atoms with Crippen molar-refractivity contribution in [1.29, 1.82) is 0 Å². The molecule has 7 heteroatoms. The fourth-order valence-corrected chi connectivity index (χ4v) is 2.67. The van der Waals surface area contributed by atoms with Crippen LogP contribution in [0.15, 0.2) is 42.7 Å². The van der Waals surface area contributed by atoms with Gasteiger partial charge in [0.15, 0.2) is 6.61 Å². The van der Waals surface area contributed by atoms with Crippen molar-refractivity contribution < 1.29 is 14.3 Å². The number of amides is 1. The third-order valence-electron chi connectivity index (χ3n) is 3.95. The first-order valence-electron chi connectivity index (χ1n) is 8.41. The molecule has 1 amide bonds. The third kappa shape index (κ3) is 4.59. The number of hydrogen-bond donors (Lipinski definition) is 0. The predicted octanol–water partition coefficient (Wildman–Crippen LogP) is 1.60. The number of nitrogens with zero attached hydrogens (tertiary/aromatic N) is 4. The summed E-state index contributed by atoms with van der Waals surface area (Å²) in [6, 6.07) is 9.12. The molecular formula is C18H22N4O3. The highest BCUT2D eigenvalue weighted by atomic mass is 16.5. The number of carbonyl (C=O) groups excluding carboxylic acids is 1. The fraction of sp³-hybridized carbons (Fsp3) is 0.389. The van der Waals surface area contributed by atoms with Crippen molar-refractivity contribution in [2.24, 2.45) is 0 Å². The van der Waals surface area contributed by atoms with Crippen LogP contribution in [0.1, 0.15) is 6.92 Å². The maximum absolute atomic E-state index is 12.3. The number of carbonyl (C=O) groups is 1. The zero-order valence-corrected chi connectivity index (χ0v) is 14.3. The van der Waals surface area contributed by atoms with E-state index in [1.807, 2.05) is 30.0 Å². The molecule has 0 bridgehead atoms. The van der Waals surface area contributed by atoms with Gasteiger partial charge in [-0.15, -0.1) is 0 Å². The number of ether oxygens (including phenoxy) is 2. The summed E-state index contributed by atoms with van der Waals surface area (Å²) in [6.07, 6.45) is 3.45. The van der Waals surface area contributed by atoms with Gasteiger partial charge in [-0.2, -0.15) is 0 Å². The van der Waals surface area contributed by atoms with E-state index in [2.05, 4.69) is 14.9 Å². The molecule has 0 unspecified atom stereocenters. The van der Waals surface area contributed by atoms with Crippen LogP contribution in [0.25, 0.3) is 0 Å². The summed E-state index contributed by atoms with van der Waals surface area (Å²) < 4.78 is 11.0. The van der Waals surface area contributed by atoms with Crippen molar-refractivity contribution in [1.82, 2.24) is 14.9 Å². The van der Waals surface area contributed by atoms with Gasteiger partial charge in [0.25, 0.3) is 5.91 Å². The predicted molar refractivity (Wildman–Crippen MR) is 93.9 cm³/mol. The van der Waals surface area contributed by atoms with E-state index in [1.54, 1.807) is 24.5 Å². The number of anilines is 1. The van der Waals surface area contributed by atoms with Gasteiger partial charge < -0.3 is 19.3 Å². The molecule has 0 aliphatic carbocycles. The van der Waals surface area contributed by atoms with E-state index in [-0.39, 0.29) is 12.5 Å². The Bertz CT molecular complexity index is 688. The Morgan fingerprint density at radius 2 is 1.72 bits per heavy atom. The van der Waals surface area contributed by atoms with E-state index < -0.39 is 0 Å². The van der Waals surface area contributed by atoms with Gasteiger partial charge in [-0.05, 0) is 25.1 Å². The van der Waals surface area contributed by atoms with E-state index in [4.69, 9.17) is 9.47 Å². The monoisotopic (exact) mass is 342 g/mol. The second-order valence-electron chi connectivity index (χ2n) is 5.61. The van der Waals surface area contributed by atoms with Gasteiger partial charge in [0.1, 0.15) is 11.5 Å². The maximum Gasteiger partial charge on any atom is 0.260 e. The van der Waals surface area contributed by atoms with Gasteiger partial charge in [0.2, 0.25) is 5.95 Å². The Hall–Kier alpha value is -2.83. The van der Waals surface area contributed by atoms with Crippen LogP contribution in [-0.2, 0) is 4.79 Å². The van der Waals surface area contributed by atoms with Crippen molar-refractivity contribution in [3.8, 4) is 11.5 Å². The van der Waals surface area contributed by atoms with Gasteiger partial charge in [-0.3, -0.25) is 4.79 Å². The molecule has 1 aliphatic heterocycles. The summed E-state index contributed by atoms with van der Waals surface area (Å²) in [5.41, 5.74) is 0. The van der Waals surface area contributed by atoms with E-state index in [9.17, 15) is 4.79 Å². The largest absolute Gasteiger partial charge is 0.494 e. The molecule has 0 N–H and O–H groups in total. The molecule has 0 atom stereocenters. The molecule has 1 saturated heterocycles. The molecular weight excluding hydrogens is 320 g/mol. The molecule has 3 rings (SSSR count). The summed E-state index contributed by atoms with van der Waals surface area (Å²) in [4.78, 5) is 24.7. The van der Waals surface area contributed by atoms with Crippen molar-refractivity contribution in [2.45, 2.75) is 6.92 Å². The number of aromatic nitrogens is 2. The molecule has 0 radical (unpaired) electrons. The van der Waals surface area contributed by atoms with Gasteiger partial charge in [-0.25, -0.2) is 9.97 Å². The average molecular weight is 342 g/mol. The van der Waals surface area contributed by atoms with Crippen LogP contribution in [0, 0.1) is 0 Å². The van der Waals surface area contributed by atoms with Gasteiger partial charge in [-0.1, -0.05) is 6.07 Å². The normalized spacial score (nSPS) is 14.3. The highest BCUT2D eigenvalue weighted by Crippen LogP contribution is 2.19. The molecule has 7 nitrogen and oxygen atoms in total. The van der Waals surface area contributed by atoms with Crippen molar-refractivity contribution in [3.05, 3.63) is 42.7 Å². The first-order valence-corrected chi connectivity index (χ1v) is 8.41. The minimum absolute atomic E-state index is 0.0181. The molecule has 1 aromatic heterocycles. The summed E-state index contributed by atoms with van der Waals surface area (Å²) in [5, 5.41) is 0. The first kappa shape index (κ1) is 17.0. The Balaban J connectivity index is 1.47. The van der Waals surface area contributed by atoms with Crippen molar-refractivity contribution in [3.63, 3.8) is 0 Å². The Morgan fingerprint density at radius 1 is 1.04 bits per heavy atom. The zero-order valence-electron chi connectivity index (χ0n) is 14.3. The van der Waals surface area contributed by atoms with Crippen molar-refractivity contribution in [2.75, 3.05) is 44.3 Å². The SMILES string of the molecule is CCOc1cccc(OCC(=O)N2CCN(c3ncccn3)CC2)c1. The van der Waals surface area contributed by atoms with Gasteiger partial charge >= 0.3 is 0 Å². The fourth-order valence-electron chi connectivity index (χ4n) is 2.67. The topological polar surface area (TPSA) is 67.8 Å². The summed E-state index contributed by atoms with van der Waals surface area (Å²) in [7, 11) is 0. The quantitative estimate of drug-likeness (QED) is 0.794. The smallest absolute Gasteiger partial charge is 0.260 e. The third-order valence-corrected chi connectivity index (χ3v) is 3.95. The maximum atomic E-state index is 12.3. The second-order valence-corrected chi connectivity index (χ2v) is 5.61. The molecule has 132 valence electrons. The number of rotatable bonds is 6. The molecule has 0 spiro atoms. The molecule has 0 saturated carbocycles. The van der Waals surface area contributed by atoms with E-state index in [0.29, 0.717) is 31.4 Å². The van der Waals surface area contributed by atoms with Crippen molar-refractivity contribution >= 4 is 11.9 Å². The molecule has 2 aromatic rings. The Labute approximate surface area is 147 Å². The lowest BCUT2D eigenvalue weighted by Crippen LogP contribution is -2.50. The standard InChI is InChI=1S/C18H22N4O3/c1-2-24-15-5-3-6-16(13-15)25-14-17(23)21-9-11-22(12-10-21)18-19-7-4-8-20-18/h3-8,13H,2,9-12,14H2,1H3. The molecule has 1 aromatic carbocycles. The van der Waals surface area contributed by atoms with Crippen LogP contribution >= 0.6 is 0 Å². The lowest BCUT2D eigenvalue weighted by atomic mass is 10.3. The second kappa shape index (κ2) is 8.32. The summed E-state index contributed by atoms with van der Waals surface area (Å²) in [6.45, 7) is 5.26. The van der Waals surface area contributed by atoms with E-state index in [1.165, 1.54) is 0 Å². The molecule has 2 heterocycles. The lowest BCUT2D eigenvalue weighted by Gasteiger charge is -2.34. The molecule has 1 aliphatic rings. The first-order chi connectivity index (χ1) is 12.3. The van der Waals surface area contributed by atoms with E-state index in [0.717, 1.165) is 18.8 Å². The van der Waals surface area contributed by atoms with Crippen LogP contribution in [-0.4, -0.2) is 60.2 Å². The van der Waals surface area contributed by atoms with Gasteiger partial charge in [0, 0.05) is 44.6 Å². The van der Waals surface area contributed by atoms with Crippen LogP contribution in [0.4, 0.5) is 5.95 Å². The molecule has 25 heavy (non-hydrogen) atoms. The Kier molecular flexibility index (Phi) is 5.66. The highest BCUT2D eigenvalue weighted by molar-refractivity contribution is 5.78. The molecule has 1 fully saturated rings. The number of hydrogen-bond acceptors (Lipinski definition) is 6. The minimum Gasteiger partial charge on any atom is -0.494 e. The van der Waals surface area contributed by atoms with Crippen LogP contribution in [0.5, 0.6) is 11.5 Å². The average Bonchev–Trinajstić information content (AvgIpc) is 2.67. The van der Waals surface area contributed by atoms with Crippen LogP contribution < -0.4 is 14.4 Å². The lowest BCUT2D eigenvalue weighted by molar-refractivity contribution is -0.133. The summed E-state index contributed by atoms with van der Waals surface area (Å²) in [5.74, 6) is 2.06. The number of benzene rings is 1.